The third-order valence-corrected chi connectivity index (χ3v) is 3.69. The van der Waals surface area contributed by atoms with Crippen molar-refractivity contribution < 1.29 is 27.9 Å². The molecular weight excluding hydrogens is 292 g/mol. The van der Waals surface area contributed by atoms with Crippen molar-refractivity contribution in [3.63, 3.8) is 0 Å². The summed E-state index contributed by atoms with van der Waals surface area (Å²) in [4.78, 5) is 21.6. The Bertz CT molecular complexity index is 608. The molecule has 0 bridgehead atoms. The second-order valence-electron chi connectivity index (χ2n) is 3.71. The first-order valence-electron chi connectivity index (χ1n) is 5.57. The summed E-state index contributed by atoms with van der Waals surface area (Å²) in [7, 11) is -4.15. The van der Waals surface area contributed by atoms with Crippen LogP contribution in [0.2, 0.25) is 0 Å². The normalized spacial score (nSPS) is 11.2. The van der Waals surface area contributed by atoms with Crippen LogP contribution in [0, 0.1) is 0 Å². The quantitative estimate of drug-likeness (QED) is 0.583. The van der Waals surface area contributed by atoms with Crippen molar-refractivity contribution >= 4 is 27.6 Å². The largest absolute Gasteiger partial charge is 0.480 e. The van der Waals surface area contributed by atoms with Crippen molar-refractivity contribution in [2.75, 3.05) is 18.1 Å². The first-order valence-corrected chi connectivity index (χ1v) is 7.22. The van der Waals surface area contributed by atoms with E-state index in [0.29, 0.717) is 0 Å². The fourth-order valence-corrected chi connectivity index (χ4v) is 2.40. The lowest BCUT2D eigenvalue weighted by atomic mass is 10.4. The minimum Gasteiger partial charge on any atom is -0.480 e. The van der Waals surface area contributed by atoms with Gasteiger partial charge in [-0.15, -0.1) is 5.10 Å². The monoisotopic (exact) mass is 306 g/mol. The predicted molar refractivity (Wildman–Crippen MR) is 65.4 cm³/mol. The second kappa shape index (κ2) is 6.32. The van der Waals surface area contributed by atoms with Gasteiger partial charge >= 0.3 is 11.9 Å². The predicted octanol–water partition coefficient (Wildman–Crippen LogP) is -1.33. The van der Waals surface area contributed by atoms with E-state index in [-0.39, 0.29) is 25.4 Å². The van der Waals surface area contributed by atoms with Gasteiger partial charge in [0.05, 0.1) is 19.6 Å². The molecule has 112 valence electrons. The number of aromatic nitrogens is 3. The molecule has 0 aromatic carbocycles. The molecule has 1 aromatic rings. The summed E-state index contributed by atoms with van der Waals surface area (Å²) < 4.78 is 29.0. The Morgan fingerprint density at radius 3 is 2.65 bits per heavy atom. The molecule has 20 heavy (non-hydrogen) atoms. The maximum atomic E-state index is 11.6. The summed E-state index contributed by atoms with van der Waals surface area (Å²) in [5, 5.41) is 14.7. The number of hydrogen-bond donors (Lipinski definition) is 2. The molecular formula is C9H14N4O6S. The van der Waals surface area contributed by atoms with E-state index in [9.17, 15) is 18.0 Å². The third-order valence-electron chi connectivity index (χ3n) is 2.18. The molecule has 1 heterocycles. The number of hydrogen-bond acceptors (Lipinski definition) is 8. The minimum absolute atomic E-state index is 0.0136. The zero-order valence-corrected chi connectivity index (χ0v) is 11.5. The molecule has 10 nitrogen and oxygen atoms in total. The Morgan fingerprint density at radius 1 is 1.45 bits per heavy atom. The highest BCUT2D eigenvalue weighted by atomic mass is 32.2. The summed E-state index contributed by atoms with van der Waals surface area (Å²) in [6.45, 7) is 1.86. The van der Waals surface area contributed by atoms with Crippen LogP contribution in [0.1, 0.15) is 13.3 Å². The fraction of sp³-hybridized carbons (Fsp3) is 0.556. The lowest BCUT2D eigenvalue weighted by molar-refractivity contribution is -0.143. The molecule has 0 aliphatic rings. The average Bonchev–Trinajstić information content (AvgIpc) is 2.67. The average molecular weight is 306 g/mol. The van der Waals surface area contributed by atoms with Crippen molar-refractivity contribution in [3.8, 4) is 0 Å². The number of carboxylic acids is 1. The van der Waals surface area contributed by atoms with E-state index >= 15 is 0 Å². The summed E-state index contributed by atoms with van der Waals surface area (Å²) in [5.74, 6) is -3.45. The molecule has 0 atom stereocenters. The SMILES string of the molecule is CCOC(=O)CCn1nnc(S(=O)(=O)CC(=O)O)c1N. The van der Waals surface area contributed by atoms with Crippen LogP contribution >= 0.6 is 0 Å². The van der Waals surface area contributed by atoms with Crippen LogP contribution in [0.15, 0.2) is 5.03 Å². The summed E-state index contributed by atoms with van der Waals surface area (Å²) >= 11 is 0. The van der Waals surface area contributed by atoms with Crippen LogP contribution in [0.5, 0.6) is 0 Å². The Hall–Kier alpha value is -2.17. The maximum absolute atomic E-state index is 11.6. The van der Waals surface area contributed by atoms with Gasteiger partial charge in [-0.05, 0) is 6.92 Å². The summed E-state index contributed by atoms with van der Waals surface area (Å²) in [5.41, 5.74) is 5.54. The van der Waals surface area contributed by atoms with Crippen molar-refractivity contribution in [1.82, 2.24) is 15.0 Å². The zero-order valence-electron chi connectivity index (χ0n) is 10.6. The summed E-state index contributed by atoms with van der Waals surface area (Å²) in [6, 6.07) is 0. The van der Waals surface area contributed by atoms with Crippen LogP contribution in [-0.4, -0.2) is 52.8 Å². The van der Waals surface area contributed by atoms with Crippen LogP contribution in [0.4, 0.5) is 5.82 Å². The smallest absolute Gasteiger partial charge is 0.319 e. The van der Waals surface area contributed by atoms with E-state index in [0.717, 1.165) is 4.68 Å². The lowest BCUT2D eigenvalue weighted by Crippen LogP contribution is -2.17. The molecule has 0 aliphatic heterocycles. The molecule has 11 heteroatoms. The molecule has 0 saturated carbocycles. The zero-order chi connectivity index (χ0) is 15.3. The van der Waals surface area contributed by atoms with E-state index in [4.69, 9.17) is 15.6 Å². The van der Waals surface area contributed by atoms with Crippen LogP contribution in [0.25, 0.3) is 0 Å². The molecule has 0 saturated heterocycles. The van der Waals surface area contributed by atoms with Gasteiger partial charge in [-0.3, -0.25) is 9.59 Å². The molecule has 0 unspecified atom stereocenters. The number of nitrogens with two attached hydrogens (primary N) is 1. The van der Waals surface area contributed by atoms with Crippen molar-refractivity contribution in [2.24, 2.45) is 0 Å². The van der Waals surface area contributed by atoms with E-state index in [1.807, 2.05) is 0 Å². The van der Waals surface area contributed by atoms with Gasteiger partial charge in [0, 0.05) is 0 Å². The van der Waals surface area contributed by atoms with Gasteiger partial charge in [-0.2, -0.15) is 0 Å². The number of ether oxygens (including phenoxy) is 1. The van der Waals surface area contributed by atoms with Gasteiger partial charge in [-0.1, -0.05) is 5.21 Å². The Labute approximate surface area is 114 Å². The fourth-order valence-electron chi connectivity index (χ4n) is 1.35. The number of esters is 1. The second-order valence-corrected chi connectivity index (χ2v) is 5.62. The number of carbonyl (C=O) groups is 2. The molecule has 0 fully saturated rings. The Balaban J connectivity index is 2.85. The van der Waals surface area contributed by atoms with E-state index in [1.165, 1.54) is 0 Å². The van der Waals surface area contributed by atoms with Gasteiger partial charge in [0.15, 0.2) is 11.6 Å². The molecule has 0 radical (unpaired) electrons. The number of aryl methyl sites for hydroxylation is 1. The van der Waals surface area contributed by atoms with Gasteiger partial charge in [-0.25, -0.2) is 13.1 Å². The van der Waals surface area contributed by atoms with Crippen molar-refractivity contribution in [3.05, 3.63) is 0 Å². The van der Waals surface area contributed by atoms with Crippen LogP contribution in [-0.2, 0) is 30.7 Å². The van der Waals surface area contributed by atoms with E-state index in [2.05, 4.69) is 10.3 Å². The number of sulfone groups is 1. The lowest BCUT2D eigenvalue weighted by Gasteiger charge is -2.03. The van der Waals surface area contributed by atoms with Gasteiger partial charge in [0.2, 0.25) is 14.9 Å². The highest BCUT2D eigenvalue weighted by Crippen LogP contribution is 2.16. The number of nitrogens with zero attached hydrogens (tertiary/aromatic N) is 3. The van der Waals surface area contributed by atoms with E-state index in [1.54, 1.807) is 6.92 Å². The number of nitrogen functional groups attached to an aromatic ring is 1. The van der Waals surface area contributed by atoms with Crippen molar-refractivity contribution in [2.45, 2.75) is 24.9 Å². The maximum Gasteiger partial charge on any atom is 0.319 e. The van der Waals surface area contributed by atoms with Crippen molar-refractivity contribution in [1.29, 1.82) is 0 Å². The van der Waals surface area contributed by atoms with Crippen LogP contribution in [0.3, 0.4) is 0 Å². The third kappa shape index (κ3) is 3.91. The Kier molecular flexibility index (Phi) is 5.02. The molecule has 0 spiro atoms. The first kappa shape index (κ1) is 15.9. The number of aliphatic carboxylic acids is 1. The number of anilines is 1. The molecule has 0 amide bonds. The Morgan fingerprint density at radius 2 is 2.10 bits per heavy atom. The molecule has 3 N–H and O–H groups in total. The molecule has 1 rings (SSSR count). The first-order chi connectivity index (χ1) is 9.27. The minimum atomic E-state index is -4.15. The molecule has 0 aliphatic carbocycles. The van der Waals surface area contributed by atoms with Gasteiger partial charge in [0.1, 0.15) is 0 Å². The molecule has 1 aromatic heterocycles. The van der Waals surface area contributed by atoms with Crippen LogP contribution < -0.4 is 5.73 Å². The highest BCUT2D eigenvalue weighted by Gasteiger charge is 2.26. The standard InChI is InChI=1S/C9H14N4O6S/c1-2-19-7(16)3-4-13-8(10)9(11-12-13)20(17,18)5-6(14)15/h2-5,10H2,1H3,(H,14,15). The van der Waals surface area contributed by atoms with Gasteiger partial charge in [0.25, 0.3) is 0 Å². The van der Waals surface area contributed by atoms with Gasteiger partial charge < -0.3 is 15.6 Å². The summed E-state index contributed by atoms with van der Waals surface area (Å²) in [6.07, 6.45) is -0.0557. The number of carboxylic acid groups (broad SMARTS) is 1. The number of carbonyl (C=O) groups excluding carboxylic acids is 1. The van der Waals surface area contributed by atoms with E-state index < -0.39 is 32.6 Å². The topological polar surface area (TPSA) is 154 Å². The highest BCUT2D eigenvalue weighted by molar-refractivity contribution is 7.92. The number of rotatable bonds is 7.